The van der Waals surface area contributed by atoms with E-state index in [0.29, 0.717) is 17.7 Å². The average Bonchev–Trinajstić information content (AvgIpc) is 4.20. The molecule has 77 heavy (non-hydrogen) atoms. The number of carbonyl (C=O) groups excluding carboxylic acids is 4. The van der Waals surface area contributed by atoms with Gasteiger partial charge in [0.1, 0.15) is 34.9 Å². The molecule has 6 fully saturated rings. The van der Waals surface area contributed by atoms with E-state index >= 15 is 0 Å². The molecule has 1 aromatic heterocycles. The third-order valence-corrected chi connectivity index (χ3v) is 18.6. The highest BCUT2D eigenvalue weighted by Gasteiger charge is 2.59. The predicted octanol–water partition coefficient (Wildman–Crippen LogP) is 5.91. The molecule has 22 heteroatoms. The van der Waals surface area contributed by atoms with Gasteiger partial charge in [-0.3, -0.25) is 24.0 Å². The number of carboxylic acids is 1. The summed E-state index contributed by atoms with van der Waals surface area (Å²) >= 11 is 2.05. The number of esters is 2. The van der Waals surface area contributed by atoms with Crippen LogP contribution in [0.15, 0.2) is 29.2 Å². The number of fused-ring (bicyclic) bond motifs is 4. The number of aromatic carboxylic acids is 1. The Kier molecular flexibility index (Phi) is 18.2. The molecule has 2 aromatic rings. The topological polar surface area (TPSA) is 244 Å². The Labute approximate surface area is 463 Å². The number of hydrogen-bond acceptors (Lipinski definition) is 18. The SMILES string of the molecule is CO[C@]1(C)C[C@@H](O[C@H]2[C@H](C)[C@H]3O[C@@H]4O[C@H](C)C[C@H](N(C)C)[C@H]4OO[C@]3(C)C[C@H](C)C(=O)[C@H](C)[C@H]3NC(=O)C[C@@]3(C)[C@@H](I)OC(=O)[C@@H]2C)O[C@@H](C)[C@@H]1OC(=O)CCOCCOc1ccc2c(c1)c(=O)c(C(=O)O)cn2C1CC1. The van der Waals surface area contributed by atoms with Crippen molar-refractivity contribution in [3.8, 4) is 5.75 Å². The smallest absolute Gasteiger partial charge is 0.341 e. The number of methoxy groups -OCH3 is 1. The lowest BCUT2D eigenvalue weighted by Crippen LogP contribution is -2.60. The molecule has 0 spiro atoms. The second kappa shape index (κ2) is 23.7. The Morgan fingerprint density at radius 3 is 2.35 bits per heavy atom. The first-order valence-electron chi connectivity index (χ1n) is 27.0. The Morgan fingerprint density at radius 2 is 1.68 bits per heavy atom. The zero-order valence-electron chi connectivity index (χ0n) is 46.3. The van der Waals surface area contributed by atoms with Gasteiger partial charge < -0.3 is 62.5 Å². The van der Waals surface area contributed by atoms with Gasteiger partial charge in [-0.25, -0.2) is 14.6 Å². The number of nitrogens with one attached hydrogen (secondary N) is 1. The summed E-state index contributed by atoms with van der Waals surface area (Å²) in [4.78, 5) is 95.7. The van der Waals surface area contributed by atoms with Crippen molar-refractivity contribution in [2.24, 2.45) is 29.1 Å². The number of halogens is 1. The minimum Gasteiger partial charge on any atom is -0.491 e. The van der Waals surface area contributed by atoms with E-state index in [2.05, 4.69) is 27.9 Å². The normalized spacial score (nSPS) is 39.1. The van der Waals surface area contributed by atoms with Crippen molar-refractivity contribution >= 4 is 63.1 Å². The molecule has 0 radical (unpaired) electrons. The van der Waals surface area contributed by atoms with Crippen LogP contribution < -0.4 is 15.5 Å². The first-order valence-corrected chi connectivity index (χ1v) is 28.2. The van der Waals surface area contributed by atoms with E-state index in [9.17, 15) is 33.9 Å². The van der Waals surface area contributed by atoms with Gasteiger partial charge in [-0.1, -0.05) is 27.7 Å². The molecule has 1 aromatic carbocycles. The zero-order chi connectivity index (χ0) is 56.1. The molecule has 0 unspecified atom stereocenters. The van der Waals surface area contributed by atoms with Crippen LogP contribution in [0.1, 0.15) is 124 Å². The largest absolute Gasteiger partial charge is 0.491 e. The van der Waals surface area contributed by atoms with E-state index in [1.165, 1.54) is 13.3 Å². The highest BCUT2D eigenvalue weighted by molar-refractivity contribution is 14.1. The number of alkyl halides is 1. The summed E-state index contributed by atoms with van der Waals surface area (Å²) in [6.45, 7) is 16.7. The maximum Gasteiger partial charge on any atom is 0.341 e. The number of hydrogen-bond donors (Lipinski definition) is 2. The molecule has 1 amide bonds. The van der Waals surface area contributed by atoms with Gasteiger partial charge in [-0.15, -0.1) is 0 Å². The number of likely N-dealkylation sites (N-methyl/N-ethyl adjacent to an activating group) is 1. The standard InChI is InChI=1S/C55H78IN3O18/c1-27-23-55(9)47(74-51-45(76-77-55)38(58(10)11)21-28(2)70-51)30(4)44(31(5)50(66)75-52(56)53(7)24-39(60)57-46(53)29(3)42(27)62)73-41-25-54(8,67-12)48(32(6)71-41)72-40(61)17-18-68-19-20-69-34-15-16-37-35(22-34)43(63)36(49(64)65)26-59(37)33-13-14-33/h15-16,22,26-33,38,41,44-48,51-52H,13-14,17-21,23-25H2,1-12H3,(H,57,60)(H,64,65)/t27-,28+,29-,30-,31+,32-,38-,41+,44-,45+,46+,47+,48-,51-,52-,53+,54+,55+/m0/s1. The minimum absolute atomic E-state index is 0.00781. The van der Waals surface area contributed by atoms with Crippen molar-refractivity contribution in [2.75, 3.05) is 41.0 Å². The van der Waals surface area contributed by atoms with Gasteiger partial charge in [-0.2, -0.15) is 0 Å². The van der Waals surface area contributed by atoms with Crippen molar-refractivity contribution in [3.63, 3.8) is 0 Å². The number of amides is 1. The van der Waals surface area contributed by atoms with E-state index in [-0.39, 0.29) is 86.3 Å². The van der Waals surface area contributed by atoms with Crippen LogP contribution in [0, 0.1) is 29.1 Å². The molecule has 8 rings (SSSR count). The molecule has 1 saturated carbocycles. The molecule has 6 heterocycles. The summed E-state index contributed by atoms with van der Waals surface area (Å²) in [5.74, 6) is -5.36. The van der Waals surface area contributed by atoms with Gasteiger partial charge in [0.15, 0.2) is 28.9 Å². The maximum atomic E-state index is 14.7. The van der Waals surface area contributed by atoms with Crippen LogP contribution in [0.25, 0.3) is 10.9 Å². The van der Waals surface area contributed by atoms with Crippen LogP contribution in [-0.4, -0.2) is 162 Å². The third kappa shape index (κ3) is 12.4. The van der Waals surface area contributed by atoms with Gasteiger partial charge in [0.25, 0.3) is 0 Å². The zero-order valence-corrected chi connectivity index (χ0v) is 48.4. The fourth-order valence-corrected chi connectivity index (χ4v) is 13.2. The van der Waals surface area contributed by atoms with Gasteiger partial charge in [-0.05, 0) is 115 Å². The van der Waals surface area contributed by atoms with E-state index < -0.39 is 117 Å². The van der Waals surface area contributed by atoms with Crippen molar-refractivity contribution in [3.05, 3.63) is 40.2 Å². The van der Waals surface area contributed by atoms with Gasteiger partial charge in [0, 0.05) is 67.4 Å². The van der Waals surface area contributed by atoms with E-state index in [1.54, 1.807) is 45.9 Å². The van der Waals surface area contributed by atoms with Gasteiger partial charge in [0.2, 0.25) is 11.3 Å². The summed E-state index contributed by atoms with van der Waals surface area (Å²) in [5.41, 5.74) is -3.65. The molecule has 18 atom stereocenters. The van der Waals surface area contributed by atoms with Crippen LogP contribution >= 0.6 is 22.6 Å². The van der Waals surface area contributed by atoms with Gasteiger partial charge >= 0.3 is 17.9 Å². The highest BCUT2D eigenvalue weighted by atomic mass is 127. The molecule has 428 valence electrons. The number of cyclic esters (lactones) is 1. The number of carboxylic acid groups (broad SMARTS) is 1. The van der Waals surface area contributed by atoms with Crippen LogP contribution in [-0.2, 0) is 66.8 Å². The molecule has 2 N–H and O–H groups in total. The number of carbonyl (C=O) groups is 5. The second-order valence-electron chi connectivity index (χ2n) is 23.2. The number of nitrogens with zero attached hydrogens (tertiary/aromatic N) is 2. The summed E-state index contributed by atoms with van der Waals surface area (Å²) in [7, 11) is 5.42. The average molecular weight is 1200 g/mol. The molecule has 0 bridgehead atoms. The van der Waals surface area contributed by atoms with Crippen LogP contribution in [0.4, 0.5) is 0 Å². The molecule has 1 aliphatic carbocycles. The molecule has 5 saturated heterocycles. The van der Waals surface area contributed by atoms with Crippen molar-refractivity contribution in [2.45, 2.75) is 190 Å². The molecule has 6 aliphatic rings. The Hall–Kier alpha value is -3.85. The third-order valence-electron chi connectivity index (χ3n) is 16.9. The minimum atomic E-state index is -1.33. The number of Topliss-reactive ketones (excluding diaryl/α,β-unsaturated/α-hetero) is 1. The first-order chi connectivity index (χ1) is 36.3. The summed E-state index contributed by atoms with van der Waals surface area (Å²) in [5, 5.41) is 12.9. The fourth-order valence-electron chi connectivity index (χ4n) is 12.4. The lowest BCUT2D eigenvalue weighted by atomic mass is 9.72. The van der Waals surface area contributed by atoms with Crippen molar-refractivity contribution in [1.82, 2.24) is 14.8 Å². The molecular weight excluding hydrogens is 1120 g/mol. The predicted molar refractivity (Wildman–Crippen MR) is 284 cm³/mol. The number of rotatable bonds is 14. The lowest BCUT2D eigenvalue weighted by molar-refractivity contribution is -0.400. The molecule has 5 aliphatic heterocycles. The fraction of sp³-hybridized carbons (Fsp3) is 0.745. The van der Waals surface area contributed by atoms with Crippen molar-refractivity contribution < 1.29 is 81.5 Å². The first kappa shape index (κ1) is 59.3. The van der Waals surface area contributed by atoms with Gasteiger partial charge in [0.05, 0.1) is 60.9 Å². The summed E-state index contributed by atoms with van der Waals surface area (Å²) in [6.07, 6.45) is -2.38. The molecule has 21 nitrogen and oxygen atoms in total. The van der Waals surface area contributed by atoms with Crippen molar-refractivity contribution in [1.29, 1.82) is 0 Å². The number of benzene rings is 1. The monoisotopic (exact) mass is 1200 g/mol. The second-order valence-corrected chi connectivity index (χ2v) is 24.4. The van der Waals surface area contributed by atoms with Crippen LogP contribution in [0.5, 0.6) is 5.75 Å². The number of pyridine rings is 1. The number of aromatic nitrogens is 1. The maximum absolute atomic E-state index is 14.7. The highest BCUT2D eigenvalue weighted by Crippen LogP contribution is 2.48. The van der Waals surface area contributed by atoms with E-state index in [4.69, 9.17) is 52.4 Å². The van der Waals surface area contributed by atoms with Crippen LogP contribution in [0.3, 0.4) is 0 Å². The number of ether oxygens (including phenoxy) is 9. The summed E-state index contributed by atoms with van der Waals surface area (Å²) in [6, 6.07) is 4.37. The van der Waals surface area contributed by atoms with Crippen LogP contribution in [0.2, 0.25) is 0 Å². The van der Waals surface area contributed by atoms with E-state index in [1.807, 2.05) is 58.2 Å². The summed E-state index contributed by atoms with van der Waals surface area (Å²) < 4.78 is 58.1. The molecular formula is C55H78IN3O18. The van der Waals surface area contributed by atoms with E-state index in [0.717, 1.165) is 12.8 Å². The Bertz CT molecular complexity index is 2580. The lowest BCUT2D eigenvalue weighted by Gasteiger charge is -2.48. The quantitative estimate of drug-likeness (QED) is 0.0734. The Balaban J connectivity index is 0.964. The Morgan fingerprint density at radius 1 is 0.948 bits per heavy atom. The number of ketones is 1.